The van der Waals surface area contributed by atoms with Gasteiger partial charge >= 0.3 is 0 Å². The van der Waals surface area contributed by atoms with Gasteiger partial charge in [-0.05, 0) is 31.4 Å². The molecule has 1 atom stereocenters. The number of benzene rings is 1. The number of carbonyl (C=O) groups is 1. The Balaban J connectivity index is 2.49. The number of nitrogens with two attached hydrogens (primary N) is 1. The van der Waals surface area contributed by atoms with Crippen molar-refractivity contribution < 1.29 is 9.53 Å². The van der Waals surface area contributed by atoms with Gasteiger partial charge in [0.05, 0.1) is 13.2 Å². The van der Waals surface area contributed by atoms with Crippen molar-refractivity contribution in [1.29, 1.82) is 0 Å². The largest absolute Gasteiger partial charge is 0.496 e. The normalized spacial score (nSPS) is 12.0. The van der Waals surface area contributed by atoms with Gasteiger partial charge in [-0.1, -0.05) is 31.0 Å². The molecule has 4 nitrogen and oxygen atoms in total. The van der Waals surface area contributed by atoms with Gasteiger partial charge < -0.3 is 15.8 Å². The summed E-state index contributed by atoms with van der Waals surface area (Å²) in [5, 5.41) is 2.87. The number of methoxy groups -OCH3 is 1. The summed E-state index contributed by atoms with van der Waals surface area (Å²) in [6, 6.07) is 5.65. The minimum absolute atomic E-state index is 0.0755. The fourth-order valence-electron chi connectivity index (χ4n) is 2.00. The first-order valence-corrected chi connectivity index (χ1v) is 6.75. The highest BCUT2D eigenvalue weighted by Crippen LogP contribution is 2.19. The molecule has 1 aromatic rings. The van der Waals surface area contributed by atoms with Gasteiger partial charge in [-0.2, -0.15) is 0 Å². The quantitative estimate of drug-likeness (QED) is 0.789. The van der Waals surface area contributed by atoms with Crippen LogP contribution in [0.5, 0.6) is 5.75 Å². The van der Waals surface area contributed by atoms with Crippen molar-refractivity contribution >= 4 is 5.91 Å². The third-order valence-corrected chi connectivity index (χ3v) is 3.07. The van der Waals surface area contributed by atoms with Crippen LogP contribution in [0.3, 0.4) is 0 Å². The lowest BCUT2D eigenvalue weighted by molar-refractivity contribution is -0.122. The van der Waals surface area contributed by atoms with Crippen LogP contribution in [-0.4, -0.2) is 25.6 Å². The van der Waals surface area contributed by atoms with E-state index < -0.39 is 6.04 Å². The standard InChI is InChI=1S/C15H24N2O2/c1-4-5-13(16)15(18)17-9-8-12-10-11(2)6-7-14(12)19-3/h6-7,10,13H,4-5,8-9,16H2,1-3H3,(H,17,18). The number of amides is 1. The molecule has 0 saturated heterocycles. The van der Waals surface area contributed by atoms with E-state index in [9.17, 15) is 4.79 Å². The molecule has 106 valence electrons. The Morgan fingerprint density at radius 2 is 2.21 bits per heavy atom. The summed E-state index contributed by atoms with van der Waals surface area (Å²) in [6.45, 7) is 4.64. The molecular formula is C15H24N2O2. The zero-order chi connectivity index (χ0) is 14.3. The molecule has 0 spiro atoms. The second-order valence-electron chi connectivity index (χ2n) is 4.75. The Kier molecular flexibility index (Phi) is 6.36. The summed E-state index contributed by atoms with van der Waals surface area (Å²) >= 11 is 0. The first-order valence-electron chi connectivity index (χ1n) is 6.75. The van der Waals surface area contributed by atoms with E-state index in [4.69, 9.17) is 10.5 Å². The van der Waals surface area contributed by atoms with Crippen LogP contribution in [0.1, 0.15) is 30.9 Å². The number of hydrogen-bond donors (Lipinski definition) is 2. The number of nitrogens with one attached hydrogen (secondary N) is 1. The summed E-state index contributed by atoms with van der Waals surface area (Å²) in [4.78, 5) is 11.7. The maximum Gasteiger partial charge on any atom is 0.236 e. The molecule has 0 aliphatic carbocycles. The molecule has 3 N–H and O–H groups in total. The fraction of sp³-hybridized carbons (Fsp3) is 0.533. The highest BCUT2D eigenvalue weighted by atomic mass is 16.5. The Morgan fingerprint density at radius 3 is 2.84 bits per heavy atom. The Morgan fingerprint density at radius 1 is 1.47 bits per heavy atom. The zero-order valence-corrected chi connectivity index (χ0v) is 12.0. The summed E-state index contributed by atoms with van der Waals surface area (Å²) in [5.74, 6) is 0.783. The van der Waals surface area contributed by atoms with Crippen molar-refractivity contribution in [3.05, 3.63) is 29.3 Å². The zero-order valence-electron chi connectivity index (χ0n) is 12.0. The fourth-order valence-corrected chi connectivity index (χ4v) is 2.00. The SMILES string of the molecule is CCCC(N)C(=O)NCCc1cc(C)ccc1OC. The van der Waals surface area contributed by atoms with Gasteiger partial charge in [-0.3, -0.25) is 4.79 Å². The molecule has 1 aromatic carbocycles. The molecular weight excluding hydrogens is 240 g/mol. The molecule has 19 heavy (non-hydrogen) atoms. The third kappa shape index (κ3) is 4.91. The topological polar surface area (TPSA) is 64.4 Å². The predicted molar refractivity (Wildman–Crippen MR) is 77.3 cm³/mol. The van der Waals surface area contributed by atoms with Gasteiger partial charge in [0.25, 0.3) is 0 Å². The van der Waals surface area contributed by atoms with Gasteiger partial charge in [0.1, 0.15) is 5.75 Å². The molecule has 0 bridgehead atoms. The maximum absolute atomic E-state index is 11.7. The number of ether oxygens (including phenoxy) is 1. The second-order valence-corrected chi connectivity index (χ2v) is 4.75. The van der Waals surface area contributed by atoms with E-state index in [-0.39, 0.29) is 5.91 Å². The average molecular weight is 264 g/mol. The van der Waals surface area contributed by atoms with Crippen molar-refractivity contribution in [2.75, 3.05) is 13.7 Å². The molecule has 1 unspecified atom stereocenters. The van der Waals surface area contributed by atoms with E-state index in [1.165, 1.54) is 5.56 Å². The highest BCUT2D eigenvalue weighted by Gasteiger charge is 2.11. The van der Waals surface area contributed by atoms with E-state index in [1.54, 1.807) is 7.11 Å². The summed E-state index contributed by atoms with van der Waals surface area (Å²) in [5.41, 5.74) is 8.04. The molecule has 0 aliphatic heterocycles. The first-order chi connectivity index (χ1) is 9.08. The van der Waals surface area contributed by atoms with E-state index in [0.717, 1.165) is 30.6 Å². The van der Waals surface area contributed by atoms with Crippen LogP contribution in [0.25, 0.3) is 0 Å². The predicted octanol–water partition coefficient (Wildman–Crippen LogP) is 1.79. The van der Waals surface area contributed by atoms with Crippen molar-refractivity contribution in [1.82, 2.24) is 5.32 Å². The van der Waals surface area contributed by atoms with Crippen molar-refractivity contribution in [2.45, 2.75) is 39.2 Å². The van der Waals surface area contributed by atoms with E-state index >= 15 is 0 Å². The monoisotopic (exact) mass is 264 g/mol. The molecule has 1 amide bonds. The molecule has 0 saturated carbocycles. The third-order valence-electron chi connectivity index (χ3n) is 3.07. The van der Waals surface area contributed by atoms with Crippen LogP contribution in [0, 0.1) is 6.92 Å². The van der Waals surface area contributed by atoms with Crippen molar-refractivity contribution in [3.63, 3.8) is 0 Å². The molecule has 0 fully saturated rings. The van der Waals surface area contributed by atoms with Crippen LogP contribution >= 0.6 is 0 Å². The number of aryl methyl sites for hydroxylation is 1. The van der Waals surface area contributed by atoms with Gasteiger partial charge in [0.15, 0.2) is 0 Å². The summed E-state index contributed by atoms with van der Waals surface area (Å²) in [6.07, 6.45) is 2.38. The van der Waals surface area contributed by atoms with Crippen LogP contribution < -0.4 is 15.8 Å². The Hall–Kier alpha value is -1.55. The van der Waals surface area contributed by atoms with E-state index in [2.05, 4.69) is 11.4 Å². The van der Waals surface area contributed by atoms with Crippen LogP contribution in [0.4, 0.5) is 0 Å². The van der Waals surface area contributed by atoms with Crippen molar-refractivity contribution in [2.24, 2.45) is 5.73 Å². The van der Waals surface area contributed by atoms with Crippen LogP contribution in [0.15, 0.2) is 18.2 Å². The minimum Gasteiger partial charge on any atom is -0.496 e. The molecule has 0 aliphatic rings. The van der Waals surface area contributed by atoms with Gasteiger partial charge in [0.2, 0.25) is 5.91 Å². The average Bonchev–Trinajstić information content (AvgIpc) is 2.39. The lowest BCUT2D eigenvalue weighted by Crippen LogP contribution is -2.41. The molecule has 0 heterocycles. The van der Waals surface area contributed by atoms with Crippen LogP contribution in [0.2, 0.25) is 0 Å². The lowest BCUT2D eigenvalue weighted by Gasteiger charge is -2.13. The minimum atomic E-state index is -0.399. The van der Waals surface area contributed by atoms with Gasteiger partial charge in [-0.25, -0.2) is 0 Å². The van der Waals surface area contributed by atoms with Gasteiger partial charge in [0, 0.05) is 6.54 Å². The summed E-state index contributed by atoms with van der Waals surface area (Å²) < 4.78 is 5.31. The Labute approximate surface area is 115 Å². The van der Waals surface area contributed by atoms with Crippen LogP contribution in [-0.2, 0) is 11.2 Å². The van der Waals surface area contributed by atoms with E-state index in [0.29, 0.717) is 6.54 Å². The number of rotatable bonds is 7. The van der Waals surface area contributed by atoms with Gasteiger partial charge in [-0.15, -0.1) is 0 Å². The molecule has 4 heteroatoms. The second kappa shape index (κ2) is 7.79. The smallest absolute Gasteiger partial charge is 0.236 e. The number of carbonyl (C=O) groups excluding carboxylic acids is 1. The lowest BCUT2D eigenvalue weighted by atomic mass is 10.1. The Bertz CT molecular complexity index is 419. The number of hydrogen-bond acceptors (Lipinski definition) is 3. The van der Waals surface area contributed by atoms with Crippen molar-refractivity contribution in [3.8, 4) is 5.75 Å². The maximum atomic E-state index is 11.7. The molecule has 0 radical (unpaired) electrons. The highest BCUT2D eigenvalue weighted by molar-refractivity contribution is 5.81. The van der Waals surface area contributed by atoms with E-state index in [1.807, 2.05) is 26.0 Å². The molecule has 1 rings (SSSR count). The molecule has 0 aromatic heterocycles. The first kappa shape index (κ1) is 15.5. The summed E-state index contributed by atoms with van der Waals surface area (Å²) in [7, 11) is 1.66.